The molecule has 2 unspecified atom stereocenters. The number of amides is 1. The summed E-state index contributed by atoms with van der Waals surface area (Å²) in [6.45, 7) is 0.947. The smallest absolute Gasteiger partial charge is 0.303 e. The van der Waals surface area contributed by atoms with Crippen LogP contribution in [-0.4, -0.2) is 34.5 Å². The number of piperidine rings is 1. The minimum atomic E-state index is -0.771. The van der Waals surface area contributed by atoms with Crippen LogP contribution < -0.4 is 0 Å². The second kappa shape index (κ2) is 4.85. The summed E-state index contributed by atoms with van der Waals surface area (Å²) in [5, 5.41) is 8.48. The van der Waals surface area contributed by atoms with Crippen molar-refractivity contribution in [2.45, 2.75) is 51.0 Å². The number of carbonyl (C=O) groups excluding carboxylic acids is 1. The Labute approximate surface area is 95.6 Å². The van der Waals surface area contributed by atoms with Crippen molar-refractivity contribution in [3.63, 3.8) is 0 Å². The maximum Gasteiger partial charge on any atom is 0.303 e. The second-order valence-corrected chi connectivity index (χ2v) is 4.98. The molecule has 1 amide bonds. The first-order valence-electron chi connectivity index (χ1n) is 6.18. The fraction of sp³-hybridized carbons (Fsp3) is 0.833. The zero-order valence-corrected chi connectivity index (χ0v) is 9.52. The molecule has 0 spiro atoms. The highest BCUT2D eigenvalue weighted by Gasteiger charge is 2.39. The molecule has 1 saturated heterocycles. The van der Waals surface area contributed by atoms with Crippen molar-refractivity contribution >= 4 is 11.9 Å². The third-order valence-corrected chi connectivity index (χ3v) is 3.76. The zero-order valence-electron chi connectivity index (χ0n) is 9.52. The SMILES string of the molecule is O=C(O)CCCCC(=O)N1CC2CCC1C2. The third kappa shape index (κ3) is 2.54. The van der Waals surface area contributed by atoms with E-state index in [1.165, 1.54) is 19.3 Å². The lowest BCUT2D eigenvalue weighted by atomic mass is 10.1. The number of likely N-dealkylation sites (tertiary alicyclic amines) is 1. The number of hydrogen-bond donors (Lipinski definition) is 1. The number of rotatable bonds is 5. The largest absolute Gasteiger partial charge is 0.481 e. The molecule has 1 aliphatic carbocycles. The molecule has 1 aliphatic heterocycles. The van der Waals surface area contributed by atoms with Gasteiger partial charge in [-0.25, -0.2) is 0 Å². The molecule has 2 fully saturated rings. The van der Waals surface area contributed by atoms with E-state index in [4.69, 9.17) is 5.11 Å². The Morgan fingerprint density at radius 1 is 1.19 bits per heavy atom. The Bertz CT molecular complexity index is 290. The summed E-state index contributed by atoms with van der Waals surface area (Å²) in [5.74, 6) is 0.207. The molecule has 2 rings (SSSR count). The van der Waals surface area contributed by atoms with Gasteiger partial charge in [0.1, 0.15) is 0 Å². The van der Waals surface area contributed by atoms with Gasteiger partial charge in [0.05, 0.1) is 0 Å². The maximum atomic E-state index is 11.9. The topological polar surface area (TPSA) is 57.6 Å². The summed E-state index contributed by atoms with van der Waals surface area (Å²) in [7, 11) is 0. The second-order valence-electron chi connectivity index (χ2n) is 4.98. The van der Waals surface area contributed by atoms with Crippen LogP contribution in [0.1, 0.15) is 44.9 Å². The quantitative estimate of drug-likeness (QED) is 0.724. The van der Waals surface area contributed by atoms with Crippen molar-refractivity contribution in [1.82, 2.24) is 4.90 Å². The van der Waals surface area contributed by atoms with Crippen molar-refractivity contribution in [2.75, 3.05) is 6.54 Å². The summed E-state index contributed by atoms with van der Waals surface area (Å²) in [6, 6.07) is 0.497. The Balaban J connectivity index is 1.66. The van der Waals surface area contributed by atoms with Crippen LogP contribution in [0.3, 0.4) is 0 Å². The fourth-order valence-corrected chi connectivity index (χ4v) is 2.93. The lowest BCUT2D eigenvalue weighted by Crippen LogP contribution is -2.37. The molecule has 16 heavy (non-hydrogen) atoms. The van der Waals surface area contributed by atoms with E-state index in [0.717, 1.165) is 12.5 Å². The summed E-state index contributed by atoms with van der Waals surface area (Å²) in [4.78, 5) is 24.2. The number of aliphatic carboxylic acids is 1. The first-order valence-corrected chi connectivity index (χ1v) is 6.18. The van der Waals surface area contributed by atoms with E-state index in [9.17, 15) is 9.59 Å². The predicted octanol–water partition coefficient (Wildman–Crippen LogP) is 1.64. The Morgan fingerprint density at radius 3 is 2.50 bits per heavy atom. The summed E-state index contributed by atoms with van der Waals surface area (Å²) < 4.78 is 0. The minimum Gasteiger partial charge on any atom is -0.481 e. The Kier molecular flexibility index (Phi) is 3.46. The minimum absolute atomic E-state index is 0.180. The first kappa shape index (κ1) is 11.4. The number of hydrogen-bond acceptors (Lipinski definition) is 2. The molecule has 0 aromatic carbocycles. The molecule has 4 nitrogen and oxygen atoms in total. The molecule has 2 aliphatic rings. The van der Waals surface area contributed by atoms with E-state index in [2.05, 4.69) is 0 Å². The monoisotopic (exact) mass is 225 g/mol. The van der Waals surface area contributed by atoms with Crippen LogP contribution in [0.2, 0.25) is 0 Å². The molecule has 1 N–H and O–H groups in total. The zero-order chi connectivity index (χ0) is 11.5. The molecule has 0 radical (unpaired) electrons. The Morgan fingerprint density at radius 2 is 1.94 bits per heavy atom. The number of carbonyl (C=O) groups is 2. The van der Waals surface area contributed by atoms with Gasteiger partial charge in [-0.3, -0.25) is 9.59 Å². The number of nitrogens with zero attached hydrogens (tertiary/aromatic N) is 1. The molecular weight excluding hydrogens is 206 g/mol. The standard InChI is InChI=1S/C12H19NO3/c14-11(3-1-2-4-12(15)16)13-8-9-5-6-10(13)7-9/h9-10H,1-8H2,(H,15,16). The van der Waals surface area contributed by atoms with Crippen molar-refractivity contribution in [1.29, 1.82) is 0 Å². The highest BCUT2D eigenvalue weighted by molar-refractivity contribution is 5.77. The van der Waals surface area contributed by atoms with Crippen LogP contribution in [-0.2, 0) is 9.59 Å². The predicted molar refractivity (Wildman–Crippen MR) is 58.9 cm³/mol. The average Bonchev–Trinajstić information content (AvgIpc) is 2.85. The average molecular weight is 225 g/mol. The van der Waals surface area contributed by atoms with Crippen molar-refractivity contribution < 1.29 is 14.7 Å². The van der Waals surface area contributed by atoms with Crippen LogP contribution in [0.5, 0.6) is 0 Å². The first-order chi connectivity index (χ1) is 7.66. The van der Waals surface area contributed by atoms with Crippen molar-refractivity contribution in [2.24, 2.45) is 5.92 Å². The van der Waals surface area contributed by atoms with Crippen LogP contribution >= 0.6 is 0 Å². The summed E-state index contributed by atoms with van der Waals surface area (Å²) in [5.41, 5.74) is 0. The van der Waals surface area contributed by atoms with Gasteiger partial charge in [0.2, 0.25) is 5.91 Å². The van der Waals surface area contributed by atoms with E-state index < -0.39 is 5.97 Å². The van der Waals surface area contributed by atoms with E-state index in [1.807, 2.05) is 4.90 Å². The van der Waals surface area contributed by atoms with Crippen LogP contribution in [0.25, 0.3) is 0 Å². The van der Waals surface area contributed by atoms with Gasteiger partial charge in [0, 0.05) is 25.4 Å². The lowest BCUT2D eigenvalue weighted by Gasteiger charge is -2.27. The van der Waals surface area contributed by atoms with Gasteiger partial charge in [-0.15, -0.1) is 0 Å². The number of unbranched alkanes of at least 4 members (excludes halogenated alkanes) is 1. The number of fused-ring (bicyclic) bond motifs is 2. The highest BCUT2D eigenvalue weighted by Crippen LogP contribution is 2.37. The molecule has 90 valence electrons. The van der Waals surface area contributed by atoms with E-state index in [-0.39, 0.29) is 12.3 Å². The van der Waals surface area contributed by atoms with Gasteiger partial charge < -0.3 is 10.0 Å². The van der Waals surface area contributed by atoms with Gasteiger partial charge in [-0.2, -0.15) is 0 Å². The third-order valence-electron chi connectivity index (χ3n) is 3.76. The van der Waals surface area contributed by atoms with E-state index in [0.29, 0.717) is 25.3 Å². The molecule has 1 saturated carbocycles. The van der Waals surface area contributed by atoms with Crippen LogP contribution in [0.15, 0.2) is 0 Å². The van der Waals surface area contributed by atoms with Crippen LogP contribution in [0.4, 0.5) is 0 Å². The van der Waals surface area contributed by atoms with Crippen LogP contribution in [0, 0.1) is 5.92 Å². The molecule has 2 bridgehead atoms. The van der Waals surface area contributed by atoms with Crippen molar-refractivity contribution in [3.05, 3.63) is 0 Å². The molecule has 4 heteroatoms. The summed E-state index contributed by atoms with van der Waals surface area (Å²) in [6.07, 6.45) is 5.68. The van der Waals surface area contributed by atoms with Gasteiger partial charge in [-0.05, 0) is 38.0 Å². The lowest BCUT2D eigenvalue weighted by molar-refractivity contribution is -0.138. The van der Waals surface area contributed by atoms with Gasteiger partial charge in [0.15, 0.2) is 0 Å². The maximum absolute atomic E-state index is 11.9. The number of carboxylic acid groups (broad SMARTS) is 1. The summed E-state index contributed by atoms with van der Waals surface area (Å²) >= 11 is 0. The molecule has 0 aromatic heterocycles. The molecule has 2 atom stereocenters. The molecular formula is C12H19NO3. The fourth-order valence-electron chi connectivity index (χ4n) is 2.93. The number of carboxylic acids is 1. The molecule has 1 heterocycles. The van der Waals surface area contributed by atoms with Gasteiger partial charge in [-0.1, -0.05) is 0 Å². The molecule has 0 aromatic rings. The van der Waals surface area contributed by atoms with Gasteiger partial charge >= 0.3 is 5.97 Å². The van der Waals surface area contributed by atoms with Crippen molar-refractivity contribution in [3.8, 4) is 0 Å². The highest BCUT2D eigenvalue weighted by atomic mass is 16.4. The van der Waals surface area contributed by atoms with E-state index >= 15 is 0 Å². The Hall–Kier alpha value is -1.06. The van der Waals surface area contributed by atoms with E-state index in [1.54, 1.807) is 0 Å². The normalized spacial score (nSPS) is 27.4. The van der Waals surface area contributed by atoms with Gasteiger partial charge in [0.25, 0.3) is 0 Å².